The number of hydrogen-bond acceptors (Lipinski definition) is 5. The molecule has 4 rings (SSSR count). The third kappa shape index (κ3) is 3.73. The molecule has 3 aromatic heterocycles. The van der Waals surface area contributed by atoms with E-state index in [2.05, 4.69) is 27.4 Å². The standard InChI is InChI=1S/C21H20N6O/c1-2-3-4-20(28)23-17-7-5-15(6-8-17)18-9-10-19-24-25-21(27(19)26-18)16-11-13-22-14-12-16/h5-14H,2-4H2,1H3,(H,23,28). The first-order valence-corrected chi connectivity index (χ1v) is 9.28. The van der Waals surface area contributed by atoms with Gasteiger partial charge in [-0.1, -0.05) is 25.5 Å². The molecule has 0 atom stereocenters. The van der Waals surface area contributed by atoms with Gasteiger partial charge in [0.25, 0.3) is 0 Å². The lowest BCUT2D eigenvalue weighted by atomic mass is 10.1. The Balaban J connectivity index is 1.60. The number of aromatic nitrogens is 5. The third-order valence-electron chi connectivity index (χ3n) is 4.42. The molecule has 0 fully saturated rings. The van der Waals surface area contributed by atoms with Gasteiger partial charge in [0.05, 0.1) is 5.69 Å². The molecule has 28 heavy (non-hydrogen) atoms. The molecule has 0 saturated carbocycles. The van der Waals surface area contributed by atoms with Crippen LogP contribution in [0.3, 0.4) is 0 Å². The minimum atomic E-state index is 0.0422. The van der Waals surface area contributed by atoms with Crippen LogP contribution in [0.5, 0.6) is 0 Å². The fourth-order valence-electron chi connectivity index (χ4n) is 2.91. The molecule has 0 aliphatic carbocycles. The lowest BCUT2D eigenvalue weighted by molar-refractivity contribution is -0.116. The molecule has 0 saturated heterocycles. The molecule has 0 aliphatic heterocycles. The van der Waals surface area contributed by atoms with E-state index >= 15 is 0 Å². The van der Waals surface area contributed by atoms with Crippen LogP contribution in [-0.2, 0) is 4.79 Å². The van der Waals surface area contributed by atoms with E-state index in [1.54, 1.807) is 16.9 Å². The lowest BCUT2D eigenvalue weighted by Crippen LogP contribution is -2.10. The van der Waals surface area contributed by atoms with Gasteiger partial charge in [-0.15, -0.1) is 10.2 Å². The molecule has 1 N–H and O–H groups in total. The van der Waals surface area contributed by atoms with E-state index in [1.165, 1.54) is 0 Å². The molecule has 4 aromatic rings. The summed E-state index contributed by atoms with van der Waals surface area (Å²) >= 11 is 0. The summed E-state index contributed by atoms with van der Waals surface area (Å²) < 4.78 is 1.73. The second-order valence-corrected chi connectivity index (χ2v) is 6.48. The summed E-state index contributed by atoms with van der Waals surface area (Å²) in [6.07, 6.45) is 5.88. The Morgan fingerprint density at radius 3 is 2.50 bits per heavy atom. The van der Waals surface area contributed by atoms with Gasteiger partial charge in [0.15, 0.2) is 11.5 Å². The first-order valence-electron chi connectivity index (χ1n) is 9.28. The van der Waals surface area contributed by atoms with Crippen molar-refractivity contribution in [3.05, 3.63) is 60.9 Å². The van der Waals surface area contributed by atoms with Crippen molar-refractivity contribution in [1.82, 2.24) is 24.8 Å². The number of nitrogens with one attached hydrogen (secondary N) is 1. The van der Waals surface area contributed by atoms with E-state index in [0.29, 0.717) is 17.9 Å². The number of pyridine rings is 1. The Bertz CT molecular complexity index is 1090. The van der Waals surface area contributed by atoms with Gasteiger partial charge in [-0.2, -0.15) is 9.61 Å². The summed E-state index contributed by atoms with van der Waals surface area (Å²) in [6.45, 7) is 2.07. The molecule has 1 amide bonds. The zero-order valence-electron chi connectivity index (χ0n) is 15.5. The Hall–Kier alpha value is -3.61. The maximum atomic E-state index is 11.9. The highest BCUT2D eigenvalue weighted by molar-refractivity contribution is 5.90. The minimum absolute atomic E-state index is 0.0422. The number of carbonyl (C=O) groups is 1. The first kappa shape index (κ1) is 17.8. The average molecular weight is 372 g/mol. The number of fused-ring (bicyclic) bond motifs is 1. The van der Waals surface area contributed by atoms with Gasteiger partial charge in [-0.05, 0) is 42.8 Å². The largest absolute Gasteiger partial charge is 0.326 e. The number of nitrogens with zero attached hydrogens (tertiary/aromatic N) is 5. The van der Waals surface area contributed by atoms with Crippen LogP contribution in [0.15, 0.2) is 60.9 Å². The van der Waals surface area contributed by atoms with E-state index in [9.17, 15) is 4.79 Å². The minimum Gasteiger partial charge on any atom is -0.326 e. The molecule has 3 heterocycles. The number of benzene rings is 1. The van der Waals surface area contributed by atoms with Gasteiger partial charge in [-0.3, -0.25) is 9.78 Å². The van der Waals surface area contributed by atoms with Crippen molar-refractivity contribution in [2.24, 2.45) is 0 Å². The summed E-state index contributed by atoms with van der Waals surface area (Å²) in [5.41, 5.74) is 4.11. The maximum Gasteiger partial charge on any atom is 0.224 e. The van der Waals surface area contributed by atoms with E-state index < -0.39 is 0 Å². The quantitative estimate of drug-likeness (QED) is 0.553. The molecule has 1 aromatic carbocycles. The van der Waals surface area contributed by atoms with Gasteiger partial charge >= 0.3 is 0 Å². The summed E-state index contributed by atoms with van der Waals surface area (Å²) in [6, 6.07) is 15.2. The molecule has 7 nitrogen and oxygen atoms in total. The Kier molecular flexibility index (Phi) is 5.05. The van der Waals surface area contributed by atoms with E-state index in [0.717, 1.165) is 35.3 Å². The van der Waals surface area contributed by atoms with Crippen LogP contribution in [0.2, 0.25) is 0 Å². The molecule has 0 radical (unpaired) electrons. The van der Waals surface area contributed by atoms with Gasteiger partial charge in [0, 0.05) is 35.6 Å². The second-order valence-electron chi connectivity index (χ2n) is 6.48. The highest BCUT2D eigenvalue weighted by atomic mass is 16.1. The third-order valence-corrected chi connectivity index (χ3v) is 4.42. The van der Waals surface area contributed by atoms with Crippen molar-refractivity contribution >= 4 is 17.2 Å². The van der Waals surface area contributed by atoms with Crippen molar-refractivity contribution in [3.63, 3.8) is 0 Å². The second kappa shape index (κ2) is 7.96. The van der Waals surface area contributed by atoms with Crippen LogP contribution in [0.25, 0.3) is 28.3 Å². The van der Waals surface area contributed by atoms with Crippen LogP contribution >= 0.6 is 0 Å². The van der Waals surface area contributed by atoms with Crippen molar-refractivity contribution in [1.29, 1.82) is 0 Å². The lowest BCUT2D eigenvalue weighted by Gasteiger charge is -2.07. The Morgan fingerprint density at radius 1 is 0.964 bits per heavy atom. The number of rotatable bonds is 6. The summed E-state index contributed by atoms with van der Waals surface area (Å²) in [5.74, 6) is 0.708. The van der Waals surface area contributed by atoms with Crippen molar-refractivity contribution in [3.8, 4) is 22.6 Å². The molecule has 140 valence electrons. The molecule has 7 heteroatoms. The highest BCUT2D eigenvalue weighted by Gasteiger charge is 2.11. The zero-order chi connectivity index (χ0) is 19.3. The van der Waals surface area contributed by atoms with Crippen LogP contribution in [0, 0.1) is 0 Å². The monoisotopic (exact) mass is 372 g/mol. The molecule has 0 bridgehead atoms. The molecule has 0 aliphatic rings. The van der Waals surface area contributed by atoms with Crippen molar-refractivity contribution in [2.75, 3.05) is 5.32 Å². The number of anilines is 1. The number of unbranched alkanes of at least 4 members (excludes halogenated alkanes) is 1. The van der Waals surface area contributed by atoms with Crippen molar-refractivity contribution in [2.45, 2.75) is 26.2 Å². The summed E-state index contributed by atoms with van der Waals surface area (Å²) in [4.78, 5) is 15.9. The fraction of sp³-hybridized carbons (Fsp3) is 0.190. The van der Waals surface area contributed by atoms with Crippen LogP contribution in [0.4, 0.5) is 5.69 Å². The van der Waals surface area contributed by atoms with E-state index in [-0.39, 0.29) is 5.91 Å². The van der Waals surface area contributed by atoms with E-state index in [4.69, 9.17) is 5.10 Å². The van der Waals surface area contributed by atoms with Crippen LogP contribution in [-0.4, -0.2) is 30.7 Å². The zero-order valence-corrected chi connectivity index (χ0v) is 15.5. The van der Waals surface area contributed by atoms with Crippen molar-refractivity contribution < 1.29 is 4.79 Å². The smallest absolute Gasteiger partial charge is 0.224 e. The molecule has 0 spiro atoms. The number of carbonyl (C=O) groups excluding carboxylic acids is 1. The molecule has 0 unspecified atom stereocenters. The molecular weight excluding hydrogens is 352 g/mol. The van der Waals surface area contributed by atoms with Gasteiger partial charge in [0.1, 0.15) is 0 Å². The average Bonchev–Trinajstić information content (AvgIpc) is 3.17. The fourth-order valence-corrected chi connectivity index (χ4v) is 2.91. The number of hydrogen-bond donors (Lipinski definition) is 1. The van der Waals surface area contributed by atoms with Crippen LogP contribution in [0.1, 0.15) is 26.2 Å². The topological polar surface area (TPSA) is 85.1 Å². The van der Waals surface area contributed by atoms with Gasteiger partial charge in [0.2, 0.25) is 5.91 Å². The Morgan fingerprint density at radius 2 is 1.75 bits per heavy atom. The summed E-state index contributed by atoms with van der Waals surface area (Å²) in [7, 11) is 0. The Labute approximate surface area is 162 Å². The van der Waals surface area contributed by atoms with E-state index in [1.807, 2.05) is 48.5 Å². The van der Waals surface area contributed by atoms with Gasteiger partial charge in [-0.25, -0.2) is 0 Å². The highest BCUT2D eigenvalue weighted by Crippen LogP contribution is 2.22. The maximum absolute atomic E-state index is 11.9. The predicted octanol–water partition coefficient (Wildman–Crippen LogP) is 3.98. The SMILES string of the molecule is CCCCC(=O)Nc1ccc(-c2ccc3nnc(-c4ccncc4)n3n2)cc1. The summed E-state index contributed by atoms with van der Waals surface area (Å²) in [5, 5.41) is 16.0. The van der Waals surface area contributed by atoms with Gasteiger partial charge < -0.3 is 5.32 Å². The van der Waals surface area contributed by atoms with Crippen LogP contribution < -0.4 is 5.32 Å². The number of amides is 1. The first-order chi connectivity index (χ1) is 13.7. The normalized spacial score (nSPS) is 10.9. The predicted molar refractivity (Wildman–Crippen MR) is 108 cm³/mol. The molecular formula is C21H20N6O.